The summed E-state index contributed by atoms with van der Waals surface area (Å²) in [7, 11) is 0. The quantitative estimate of drug-likeness (QED) is 0.405. The van der Waals surface area contributed by atoms with E-state index >= 15 is 0 Å². The Balaban J connectivity index is 1.46. The van der Waals surface area contributed by atoms with Gasteiger partial charge in [-0.05, 0) is 61.9 Å². The Morgan fingerprint density at radius 1 is 1.25 bits per heavy atom. The SMILES string of the molecule is CC(C)Oc1cc2c(cc1Nc1ncnc3sc4c(c13)CC[C@H](C(=O)N(CCO)CCO)C4)C=NC2. The Morgan fingerprint density at radius 3 is 2.81 bits per heavy atom. The number of hydrogen-bond acceptors (Lipinski definition) is 9. The zero-order valence-corrected chi connectivity index (χ0v) is 21.3. The van der Waals surface area contributed by atoms with E-state index in [0.717, 1.165) is 49.9 Å². The first-order chi connectivity index (χ1) is 17.5. The first-order valence-corrected chi connectivity index (χ1v) is 13.2. The Bertz CT molecular complexity index is 1300. The molecular weight excluding hydrogens is 478 g/mol. The molecule has 0 bridgehead atoms. The fourth-order valence-corrected chi connectivity index (χ4v) is 6.23. The predicted octanol–water partition coefficient (Wildman–Crippen LogP) is 3.07. The van der Waals surface area contributed by atoms with Crippen LogP contribution in [0, 0.1) is 5.92 Å². The average Bonchev–Trinajstić information content (AvgIpc) is 3.47. The summed E-state index contributed by atoms with van der Waals surface area (Å²) in [6.45, 7) is 4.91. The van der Waals surface area contributed by atoms with E-state index in [1.54, 1.807) is 22.6 Å². The number of fused-ring (bicyclic) bond motifs is 4. The Kier molecular flexibility index (Phi) is 7.17. The molecule has 190 valence electrons. The number of thiophene rings is 1. The monoisotopic (exact) mass is 509 g/mol. The lowest BCUT2D eigenvalue weighted by molar-refractivity contribution is -0.136. The zero-order valence-electron chi connectivity index (χ0n) is 20.5. The minimum Gasteiger partial charge on any atom is -0.489 e. The summed E-state index contributed by atoms with van der Waals surface area (Å²) in [5.41, 5.74) is 4.24. The molecule has 0 spiro atoms. The van der Waals surface area contributed by atoms with Gasteiger partial charge in [0.15, 0.2) is 0 Å². The van der Waals surface area contributed by atoms with Crippen LogP contribution in [0.5, 0.6) is 5.75 Å². The maximum Gasteiger partial charge on any atom is 0.226 e. The molecule has 1 aliphatic heterocycles. The number of aliphatic hydroxyl groups excluding tert-OH is 2. The van der Waals surface area contributed by atoms with Crippen LogP contribution in [0.4, 0.5) is 11.5 Å². The van der Waals surface area contributed by atoms with Gasteiger partial charge >= 0.3 is 0 Å². The molecule has 10 heteroatoms. The summed E-state index contributed by atoms with van der Waals surface area (Å²) in [5.74, 6) is 1.31. The van der Waals surface area contributed by atoms with Gasteiger partial charge in [-0.25, -0.2) is 9.97 Å². The highest BCUT2D eigenvalue weighted by molar-refractivity contribution is 7.19. The number of benzene rings is 1. The number of aliphatic imine (C=N–C) groups is 1. The van der Waals surface area contributed by atoms with Crippen molar-refractivity contribution in [3.8, 4) is 5.75 Å². The van der Waals surface area contributed by atoms with Crippen LogP contribution in [0.3, 0.4) is 0 Å². The number of anilines is 2. The van der Waals surface area contributed by atoms with E-state index in [1.165, 1.54) is 5.56 Å². The molecule has 0 unspecified atom stereocenters. The number of nitrogens with zero attached hydrogens (tertiary/aromatic N) is 4. The third-order valence-electron chi connectivity index (χ3n) is 6.60. The molecule has 1 aromatic carbocycles. The van der Waals surface area contributed by atoms with Gasteiger partial charge in [-0.1, -0.05) is 0 Å². The molecular formula is C26H31N5O4S. The van der Waals surface area contributed by atoms with Gasteiger partial charge in [-0.15, -0.1) is 11.3 Å². The minimum absolute atomic E-state index is 0.0130. The summed E-state index contributed by atoms with van der Waals surface area (Å²) >= 11 is 1.61. The number of aryl methyl sites for hydroxylation is 1. The first kappa shape index (κ1) is 24.6. The molecule has 5 rings (SSSR count). The lowest BCUT2D eigenvalue weighted by Crippen LogP contribution is -2.41. The van der Waals surface area contributed by atoms with Crippen molar-refractivity contribution in [2.45, 2.75) is 45.8 Å². The maximum atomic E-state index is 13.1. The summed E-state index contributed by atoms with van der Waals surface area (Å²) in [6, 6.07) is 4.11. The van der Waals surface area contributed by atoms with Crippen LogP contribution in [-0.4, -0.2) is 69.6 Å². The number of carbonyl (C=O) groups is 1. The van der Waals surface area contributed by atoms with Crippen molar-refractivity contribution in [2.75, 3.05) is 31.6 Å². The molecule has 2 aromatic heterocycles. The van der Waals surface area contributed by atoms with Crippen LogP contribution < -0.4 is 10.1 Å². The Morgan fingerprint density at radius 2 is 2.06 bits per heavy atom. The van der Waals surface area contributed by atoms with Crippen LogP contribution in [0.1, 0.15) is 41.8 Å². The van der Waals surface area contributed by atoms with Crippen molar-refractivity contribution in [3.05, 3.63) is 40.0 Å². The fourth-order valence-electron chi connectivity index (χ4n) is 4.96. The molecule has 1 aliphatic carbocycles. The van der Waals surface area contributed by atoms with Crippen molar-refractivity contribution < 1.29 is 19.7 Å². The van der Waals surface area contributed by atoms with Crippen molar-refractivity contribution in [3.63, 3.8) is 0 Å². The van der Waals surface area contributed by atoms with Crippen molar-refractivity contribution in [1.82, 2.24) is 14.9 Å². The highest BCUT2D eigenvalue weighted by Gasteiger charge is 2.31. The van der Waals surface area contributed by atoms with E-state index in [0.29, 0.717) is 19.4 Å². The first-order valence-electron chi connectivity index (χ1n) is 12.3. The lowest BCUT2D eigenvalue weighted by atomic mass is 9.87. The fraction of sp³-hybridized carbons (Fsp3) is 0.462. The van der Waals surface area contributed by atoms with Gasteiger partial charge in [0.2, 0.25) is 5.91 Å². The molecule has 9 nitrogen and oxygen atoms in total. The second kappa shape index (κ2) is 10.5. The van der Waals surface area contributed by atoms with Gasteiger partial charge in [0.25, 0.3) is 0 Å². The van der Waals surface area contributed by atoms with E-state index in [9.17, 15) is 15.0 Å². The zero-order chi connectivity index (χ0) is 25.2. The van der Waals surface area contributed by atoms with Gasteiger partial charge < -0.3 is 25.2 Å². The molecule has 36 heavy (non-hydrogen) atoms. The number of nitrogens with one attached hydrogen (secondary N) is 1. The average molecular weight is 510 g/mol. The van der Waals surface area contributed by atoms with E-state index in [2.05, 4.69) is 26.3 Å². The predicted molar refractivity (Wildman–Crippen MR) is 140 cm³/mol. The molecule has 3 heterocycles. The van der Waals surface area contributed by atoms with Crippen molar-refractivity contribution in [2.24, 2.45) is 10.9 Å². The van der Waals surface area contributed by atoms with Crippen LogP contribution in [0.2, 0.25) is 0 Å². The van der Waals surface area contributed by atoms with Crippen LogP contribution in [0.15, 0.2) is 23.5 Å². The molecule has 2 aliphatic rings. The number of rotatable bonds is 9. The Hall–Kier alpha value is -3.08. The molecule has 0 saturated carbocycles. The number of hydrogen-bond donors (Lipinski definition) is 3. The summed E-state index contributed by atoms with van der Waals surface area (Å²) in [4.78, 5) is 30.2. The standard InChI is InChI=1S/C26H31N5O4S/c1-15(2)35-21-10-18-13-27-12-17(18)9-20(21)30-24-23-19-4-3-16(26(34)31(5-7-32)6-8-33)11-22(19)36-25(23)29-14-28-24/h9-10,12,14-16,32-33H,3-8,11,13H2,1-2H3,(H,28,29,30)/t16-/m0/s1. The molecule has 1 amide bonds. The molecule has 0 saturated heterocycles. The number of ether oxygens (including phenoxy) is 1. The van der Waals surface area contributed by atoms with Gasteiger partial charge in [-0.2, -0.15) is 0 Å². The van der Waals surface area contributed by atoms with Gasteiger partial charge in [0.1, 0.15) is 22.7 Å². The summed E-state index contributed by atoms with van der Waals surface area (Å²) in [6.07, 6.45) is 5.55. The third-order valence-corrected chi connectivity index (χ3v) is 7.76. The van der Waals surface area contributed by atoms with E-state index in [1.807, 2.05) is 26.1 Å². The number of aromatic nitrogens is 2. The normalized spacial score (nSPS) is 16.3. The van der Waals surface area contributed by atoms with Crippen molar-refractivity contribution >= 4 is 45.2 Å². The molecule has 0 radical (unpaired) electrons. The number of amides is 1. The highest BCUT2D eigenvalue weighted by atomic mass is 32.1. The van der Waals surface area contributed by atoms with Crippen molar-refractivity contribution in [1.29, 1.82) is 0 Å². The topological polar surface area (TPSA) is 120 Å². The van der Waals surface area contributed by atoms with E-state index in [4.69, 9.17) is 4.74 Å². The van der Waals surface area contributed by atoms with E-state index < -0.39 is 0 Å². The molecule has 3 N–H and O–H groups in total. The van der Waals surface area contributed by atoms with Gasteiger partial charge in [-0.3, -0.25) is 9.79 Å². The highest BCUT2D eigenvalue weighted by Crippen LogP contribution is 2.42. The van der Waals surface area contributed by atoms with Gasteiger partial charge in [0, 0.05) is 30.1 Å². The third kappa shape index (κ3) is 4.80. The summed E-state index contributed by atoms with van der Waals surface area (Å²) in [5, 5.41) is 23.2. The lowest BCUT2D eigenvalue weighted by Gasteiger charge is -2.28. The van der Waals surface area contributed by atoms with E-state index in [-0.39, 0.29) is 44.2 Å². The largest absolute Gasteiger partial charge is 0.489 e. The number of carbonyl (C=O) groups excluding carboxylic acids is 1. The molecule has 1 atom stereocenters. The smallest absolute Gasteiger partial charge is 0.226 e. The van der Waals surface area contributed by atoms with Crippen LogP contribution >= 0.6 is 11.3 Å². The maximum absolute atomic E-state index is 13.1. The minimum atomic E-state index is -0.171. The van der Waals surface area contributed by atoms with Gasteiger partial charge in [0.05, 0.1) is 36.9 Å². The van der Waals surface area contributed by atoms with Crippen LogP contribution in [-0.2, 0) is 24.2 Å². The number of aliphatic hydroxyl groups is 2. The second-order valence-corrected chi connectivity index (χ2v) is 10.5. The van der Waals surface area contributed by atoms with Crippen LogP contribution in [0.25, 0.3) is 10.2 Å². The molecule has 3 aromatic rings. The second-order valence-electron chi connectivity index (χ2n) is 9.43. The Labute approximate surface area is 213 Å². The summed E-state index contributed by atoms with van der Waals surface area (Å²) < 4.78 is 6.11. The molecule has 0 fully saturated rings.